The van der Waals surface area contributed by atoms with Gasteiger partial charge in [0.1, 0.15) is 0 Å². The summed E-state index contributed by atoms with van der Waals surface area (Å²) in [5.41, 5.74) is 6.23. The average Bonchev–Trinajstić information content (AvgIpc) is 3.13. The Bertz CT molecular complexity index is 578. The van der Waals surface area contributed by atoms with Crippen LogP contribution in [-0.4, -0.2) is 23.4 Å². The highest BCUT2D eigenvalue weighted by molar-refractivity contribution is 5.68. The van der Waals surface area contributed by atoms with Gasteiger partial charge < -0.3 is 19.7 Å². The maximum Gasteiger partial charge on any atom is 0.240 e. The molecule has 1 aliphatic rings. The van der Waals surface area contributed by atoms with Crippen molar-refractivity contribution >= 4 is 0 Å². The van der Waals surface area contributed by atoms with Crippen molar-refractivity contribution in [3.63, 3.8) is 0 Å². The summed E-state index contributed by atoms with van der Waals surface area (Å²) in [5, 5.41) is 3.92. The first-order chi connectivity index (χ1) is 9.31. The minimum Gasteiger partial charge on any atom is -0.493 e. The first-order valence-electron chi connectivity index (χ1n) is 6.18. The van der Waals surface area contributed by atoms with Gasteiger partial charge in [-0.2, -0.15) is 4.98 Å². The lowest BCUT2D eigenvalue weighted by atomic mass is 10.1. The normalized spacial score (nSPS) is 14.4. The number of benzene rings is 1. The Morgan fingerprint density at radius 1 is 1.42 bits per heavy atom. The summed E-state index contributed by atoms with van der Waals surface area (Å²) in [7, 11) is 1.61. The number of methoxy groups -OCH3 is 1. The first-order valence-corrected chi connectivity index (χ1v) is 6.18. The molecule has 1 fully saturated rings. The molecule has 3 rings (SSSR count). The lowest BCUT2D eigenvalue weighted by Gasteiger charge is -2.12. The number of hydrogen-bond donors (Lipinski definition) is 1. The fraction of sp³-hybridized carbons (Fsp3) is 0.385. The topological polar surface area (TPSA) is 83.4 Å². The molecule has 2 N–H and O–H groups in total. The summed E-state index contributed by atoms with van der Waals surface area (Å²) in [5.74, 6) is 2.20. The zero-order valence-electron chi connectivity index (χ0n) is 10.6. The average molecular weight is 261 g/mol. The lowest BCUT2D eigenvalue weighted by Crippen LogP contribution is -2.01. The smallest absolute Gasteiger partial charge is 0.240 e. The van der Waals surface area contributed by atoms with Crippen molar-refractivity contribution in [3.8, 4) is 22.9 Å². The highest BCUT2D eigenvalue weighted by Crippen LogP contribution is 2.40. The molecule has 0 atom stereocenters. The quantitative estimate of drug-likeness (QED) is 0.882. The van der Waals surface area contributed by atoms with E-state index in [1.54, 1.807) is 7.11 Å². The van der Waals surface area contributed by atoms with Gasteiger partial charge in [0.05, 0.1) is 25.3 Å². The van der Waals surface area contributed by atoms with E-state index in [0.717, 1.165) is 18.4 Å². The maximum absolute atomic E-state index is 5.90. The SMILES string of the molecule is COc1cccc(-c2noc(CN)n2)c1OC1CC1. The van der Waals surface area contributed by atoms with Crippen LogP contribution in [0.2, 0.25) is 0 Å². The van der Waals surface area contributed by atoms with Gasteiger partial charge in [0.25, 0.3) is 0 Å². The molecule has 0 spiro atoms. The molecule has 1 heterocycles. The van der Waals surface area contributed by atoms with E-state index in [-0.39, 0.29) is 12.6 Å². The van der Waals surface area contributed by atoms with Gasteiger partial charge in [-0.15, -0.1) is 0 Å². The van der Waals surface area contributed by atoms with E-state index >= 15 is 0 Å². The van der Waals surface area contributed by atoms with E-state index in [1.807, 2.05) is 18.2 Å². The summed E-state index contributed by atoms with van der Waals surface area (Å²) < 4.78 is 16.3. The van der Waals surface area contributed by atoms with Crippen LogP contribution < -0.4 is 15.2 Å². The van der Waals surface area contributed by atoms with Crippen LogP contribution in [0.4, 0.5) is 0 Å². The standard InChI is InChI=1S/C13H15N3O3/c1-17-10-4-2-3-9(12(10)18-8-5-6-8)13-15-11(7-14)19-16-13/h2-4,8H,5-7,14H2,1H3. The minimum atomic E-state index is 0.218. The zero-order valence-corrected chi connectivity index (χ0v) is 10.6. The monoisotopic (exact) mass is 261 g/mol. The van der Waals surface area contributed by atoms with Crippen LogP contribution in [0.25, 0.3) is 11.4 Å². The van der Waals surface area contributed by atoms with Crippen molar-refractivity contribution in [1.29, 1.82) is 0 Å². The van der Waals surface area contributed by atoms with Crippen LogP contribution in [0.15, 0.2) is 22.7 Å². The minimum absolute atomic E-state index is 0.218. The van der Waals surface area contributed by atoms with Crippen LogP contribution in [0.1, 0.15) is 18.7 Å². The van der Waals surface area contributed by atoms with E-state index in [4.69, 9.17) is 19.7 Å². The van der Waals surface area contributed by atoms with Gasteiger partial charge >= 0.3 is 0 Å². The van der Waals surface area contributed by atoms with E-state index < -0.39 is 0 Å². The highest BCUT2D eigenvalue weighted by Gasteiger charge is 2.27. The van der Waals surface area contributed by atoms with E-state index in [0.29, 0.717) is 23.2 Å². The second kappa shape index (κ2) is 4.89. The van der Waals surface area contributed by atoms with Gasteiger partial charge in [0.2, 0.25) is 11.7 Å². The van der Waals surface area contributed by atoms with Crippen molar-refractivity contribution in [1.82, 2.24) is 10.1 Å². The van der Waals surface area contributed by atoms with Gasteiger partial charge in [-0.05, 0) is 25.0 Å². The number of nitrogens with zero attached hydrogens (tertiary/aromatic N) is 2. The largest absolute Gasteiger partial charge is 0.493 e. The number of ether oxygens (including phenoxy) is 2. The number of para-hydroxylation sites is 1. The fourth-order valence-electron chi connectivity index (χ4n) is 1.77. The van der Waals surface area contributed by atoms with Crippen molar-refractivity contribution in [2.75, 3.05) is 7.11 Å². The van der Waals surface area contributed by atoms with Gasteiger partial charge in [-0.3, -0.25) is 0 Å². The molecule has 100 valence electrons. The van der Waals surface area contributed by atoms with Crippen molar-refractivity contribution in [3.05, 3.63) is 24.1 Å². The molecule has 0 radical (unpaired) electrons. The molecule has 1 aromatic heterocycles. The molecule has 2 aromatic rings. The predicted octanol–water partition coefficient (Wildman–Crippen LogP) is 1.75. The van der Waals surface area contributed by atoms with Crippen LogP contribution in [0, 0.1) is 0 Å². The molecule has 19 heavy (non-hydrogen) atoms. The molecule has 1 aliphatic carbocycles. The predicted molar refractivity (Wildman–Crippen MR) is 67.8 cm³/mol. The molecule has 1 saturated carbocycles. The summed E-state index contributed by atoms with van der Waals surface area (Å²) in [6.07, 6.45) is 2.39. The van der Waals surface area contributed by atoms with Crippen molar-refractivity contribution in [2.45, 2.75) is 25.5 Å². The van der Waals surface area contributed by atoms with Crippen LogP contribution >= 0.6 is 0 Å². The Hall–Kier alpha value is -2.08. The summed E-state index contributed by atoms with van der Waals surface area (Å²) in [6.45, 7) is 0.218. The van der Waals surface area contributed by atoms with E-state index in [2.05, 4.69) is 10.1 Å². The Balaban J connectivity index is 2.02. The molecule has 6 nitrogen and oxygen atoms in total. The Morgan fingerprint density at radius 2 is 2.26 bits per heavy atom. The van der Waals surface area contributed by atoms with Crippen LogP contribution in [-0.2, 0) is 6.54 Å². The van der Waals surface area contributed by atoms with Gasteiger partial charge in [0.15, 0.2) is 11.5 Å². The third-order valence-corrected chi connectivity index (χ3v) is 2.89. The number of nitrogens with two attached hydrogens (primary N) is 1. The molecule has 0 amide bonds. The summed E-state index contributed by atoms with van der Waals surface area (Å²) in [6, 6.07) is 5.60. The highest BCUT2D eigenvalue weighted by atomic mass is 16.5. The number of aromatic nitrogens is 2. The molecule has 0 aliphatic heterocycles. The zero-order chi connectivity index (χ0) is 13.2. The molecular weight excluding hydrogens is 246 g/mol. The number of rotatable bonds is 5. The van der Waals surface area contributed by atoms with Gasteiger partial charge in [0, 0.05) is 0 Å². The van der Waals surface area contributed by atoms with Crippen molar-refractivity contribution < 1.29 is 14.0 Å². The summed E-state index contributed by atoms with van der Waals surface area (Å²) in [4.78, 5) is 4.22. The number of hydrogen-bond acceptors (Lipinski definition) is 6. The Kier molecular flexibility index (Phi) is 3.08. The van der Waals surface area contributed by atoms with E-state index in [9.17, 15) is 0 Å². The Labute approximate surface area is 110 Å². The maximum atomic E-state index is 5.90. The first kappa shape index (κ1) is 12.0. The molecular formula is C13H15N3O3. The second-order valence-corrected chi connectivity index (χ2v) is 4.37. The molecule has 1 aromatic carbocycles. The van der Waals surface area contributed by atoms with Crippen LogP contribution in [0.5, 0.6) is 11.5 Å². The van der Waals surface area contributed by atoms with Gasteiger partial charge in [-0.1, -0.05) is 11.2 Å². The van der Waals surface area contributed by atoms with Gasteiger partial charge in [-0.25, -0.2) is 0 Å². The molecule has 0 saturated heterocycles. The van der Waals surface area contributed by atoms with E-state index in [1.165, 1.54) is 0 Å². The molecule has 6 heteroatoms. The summed E-state index contributed by atoms with van der Waals surface area (Å²) >= 11 is 0. The molecule has 0 unspecified atom stereocenters. The van der Waals surface area contributed by atoms with Crippen molar-refractivity contribution in [2.24, 2.45) is 5.73 Å². The third kappa shape index (κ3) is 2.39. The Morgan fingerprint density at radius 3 is 2.89 bits per heavy atom. The lowest BCUT2D eigenvalue weighted by molar-refractivity contribution is 0.283. The third-order valence-electron chi connectivity index (χ3n) is 2.89. The molecule has 0 bridgehead atoms. The fourth-order valence-corrected chi connectivity index (χ4v) is 1.77. The van der Waals surface area contributed by atoms with Crippen LogP contribution in [0.3, 0.4) is 0 Å². The second-order valence-electron chi connectivity index (χ2n) is 4.37.